The van der Waals surface area contributed by atoms with Gasteiger partial charge in [0.25, 0.3) is 5.91 Å². The first-order chi connectivity index (χ1) is 16.1. The van der Waals surface area contributed by atoms with E-state index in [9.17, 15) is 18.0 Å². The van der Waals surface area contributed by atoms with E-state index in [2.05, 4.69) is 27.1 Å². The van der Waals surface area contributed by atoms with Crippen molar-refractivity contribution in [2.24, 2.45) is 0 Å². The van der Waals surface area contributed by atoms with Gasteiger partial charge < -0.3 is 19.7 Å². The van der Waals surface area contributed by atoms with Gasteiger partial charge in [0, 0.05) is 32.7 Å². The molecule has 34 heavy (non-hydrogen) atoms. The number of para-hydroxylation sites is 1. The number of imidazole rings is 1. The molecule has 4 rings (SSSR count). The van der Waals surface area contributed by atoms with Crippen LogP contribution < -0.4 is 5.32 Å². The standard InChI is InChI=1S/C23H24Cl2F3N5O/c1-31-11-13-32(14-12-31)9-4-10-33-18-8-3-7-17(20(18)30-22(33)23(26,27)28)29-21(34)19-15(24)5-2-6-16(19)25/h2-3,5-8H,4,9-14H2,1H3,(H,29,34). The number of alkyl halides is 3. The summed E-state index contributed by atoms with van der Waals surface area (Å²) >= 11 is 12.2. The first-order valence-corrected chi connectivity index (χ1v) is 11.6. The molecule has 0 unspecified atom stereocenters. The second-order valence-corrected chi connectivity index (χ2v) is 9.12. The highest BCUT2D eigenvalue weighted by molar-refractivity contribution is 6.40. The number of amides is 1. The maximum Gasteiger partial charge on any atom is 0.449 e. The molecular weight excluding hydrogens is 490 g/mol. The van der Waals surface area contributed by atoms with Crippen molar-refractivity contribution in [1.29, 1.82) is 0 Å². The molecule has 1 aliphatic rings. The van der Waals surface area contributed by atoms with Crippen molar-refractivity contribution in [3.8, 4) is 0 Å². The largest absolute Gasteiger partial charge is 0.449 e. The molecule has 3 aromatic rings. The number of hydrogen-bond donors (Lipinski definition) is 1. The number of piperazine rings is 1. The fourth-order valence-electron chi connectivity index (χ4n) is 4.11. The van der Waals surface area contributed by atoms with E-state index in [4.69, 9.17) is 23.2 Å². The minimum Gasteiger partial charge on any atom is -0.320 e. The molecule has 1 aromatic heterocycles. The molecule has 0 radical (unpaired) electrons. The Labute approximate surface area is 205 Å². The van der Waals surface area contributed by atoms with Crippen LogP contribution in [0.3, 0.4) is 0 Å². The fraction of sp³-hybridized carbons (Fsp3) is 0.391. The number of nitrogens with one attached hydrogen (secondary N) is 1. The van der Waals surface area contributed by atoms with Crippen molar-refractivity contribution >= 4 is 45.8 Å². The van der Waals surface area contributed by atoms with E-state index in [1.807, 2.05) is 0 Å². The van der Waals surface area contributed by atoms with Crippen LogP contribution in [0.4, 0.5) is 18.9 Å². The van der Waals surface area contributed by atoms with Crippen molar-refractivity contribution < 1.29 is 18.0 Å². The van der Waals surface area contributed by atoms with E-state index in [0.717, 1.165) is 26.2 Å². The van der Waals surface area contributed by atoms with E-state index in [0.29, 0.717) is 18.5 Å². The topological polar surface area (TPSA) is 53.4 Å². The lowest BCUT2D eigenvalue weighted by molar-refractivity contribution is -0.147. The van der Waals surface area contributed by atoms with Crippen LogP contribution in [0.2, 0.25) is 10.0 Å². The Morgan fingerprint density at radius 3 is 2.32 bits per heavy atom. The number of aromatic nitrogens is 2. The molecule has 0 bridgehead atoms. The van der Waals surface area contributed by atoms with Gasteiger partial charge in [0.2, 0.25) is 5.82 Å². The van der Waals surface area contributed by atoms with Gasteiger partial charge in [-0.3, -0.25) is 4.79 Å². The van der Waals surface area contributed by atoms with Crippen molar-refractivity contribution in [3.63, 3.8) is 0 Å². The minimum absolute atomic E-state index is 0.0468. The number of halogens is 5. The number of benzene rings is 2. The van der Waals surface area contributed by atoms with Crippen LogP contribution in [0.15, 0.2) is 36.4 Å². The third-order valence-corrected chi connectivity index (χ3v) is 6.55. The number of carbonyl (C=O) groups excluding carboxylic acids is 1. The number of fused-ring (bicyclic) bond motifs is 1. The first-order valence-electron chi connectivity index (χ1n) is 10.9. The number of aryl methyl sites for hydroxylation is 1. The number of nitrogens with zero attached hydrogens (tertiary/aromatic N) is 4. The third kappa shape index (κ3) is 5.33. The first kappa shape index (κ1) is 24.8. The zero-order valence-corrected chi connectivity index (χ0v) is 20.0. The fourth-order valence-corrected chi connectivity index (χ4v) is 4.68. The molecule has 1 aliphatic heterocycles. The van der Waals surface area contributed by atoms with Gasteiger partial charge in [0.05, 0.1) is 26.8 Å². The maximum absolute atomic E-state index is 13.9. The third-order valence-electron chi connectivity index (χ3n) is 5.92. The molecule has 0 saturated carbocycles. The van der Waals surface area contributed by atoms with Gasteiger partial charge in [-0.25, -0.2) is 4.98 Å². The van der Waals surface area contributed by atoms with Crippen LogP contribution in [0.5, 0.6) is 0 Å². The summed E-state index contributed by atoms with van der Waals surface area (Å²) in [6.07, 6.45) is -4.09. The van der Waals surface area contributed by atoms with Crippen molar-refractivity contribution in [1.82, 2.24) is 19.4 Å². The number of rotatable bonds is 6. The Morgan fingerprint density at radius 2 is 1.68 bits per heavy atom. The van der Waals surface area contributed by atoms with Crippen molar-refractivity contribution in [3.05, 3.63) is 57.8 Å². The lowest BCUT2D eigenvalue weighted by atomic mass is 10.2. The highest BCUT2D eigenvalue weighted by Crippen LogP contribution is 2.34. The molecule has 6 nitrogen and oxygen atoms in total. The quantitative estimate of drug-likeness (QED) is 0.488. The molecule has 0 spiro atoms. The van der Waals surface area contributed by atoms with Gasteiger partial charge in [0.15, 0.2) is 0 Å². The van der Waals surface area contributed by atoms with Crippen molar-refractivity contribution in [2.75, 3.05) is 45.1 Å². The van der Waals surface area contributed by atoms with Crippen molar-refractivity contribution in [2.45, 2.75) is 19.1 Å². The average molecular weight is 514 g/mol. The number of hydrogen-bond acceptors (Lipinski definition) is 4. The van der Waals surface area contributed by atoms with Crippen LogP contribution in [0.25, 0.3) is 11.0 Å². The molecule has 182 valence electrons. The summed E-state index contributed by atoms with van der Waals surface area (Å²) in [4.78, 5) is 21.2. The Kier molecular flexibility index (Phi) is 7.37. The number of carbonyl (C=O) groups is 1. The van der Waals surface area contributed by atoms with Crippen LogP contribution in [0, 0.1) is 0 Å². The van der Waals surface area contributed by atoms with E-state index in [-0.39, 0.29) is 33.4 Å². The maximum atomic E-state index is 13.9. The minimum atomic E-state index is -4.64. The summed E-state index contributed by atoms with van der Waals surface area (Å²) in [6, 6.07) is 9.30. The predicted octanol–water partition coefficient (Wildman–Crippen LogP) is 5.25. The van der Waals surface area contributed by atoms with Gasteiger partial charge in [0.1, 0.15) is 5.52 Å². The SMILES string of the molecule is CN1CCN(CCCn2c(C(F)(F)F)nc3c(NC(=O)c4c(Cl)cccc4Cl)cccc32)CC1. The van der Waals surface area contributed by atoms with Gasteiger partial charge in [-0.05, 0) is 44.3 Å². The molecule has 0 atom stereocenters. The summed E-state index contributed by atoms with van der Waals surface area (Å²) in [5.41, 5.74) is 0.562. The second kappa shape index (κ2) is 10.1. The Hall–Kier alpha value is -2.33. The van der Waals surface area contributed by atoms with Gasteiger partial charge >= 0.3 is 6.18 Å². The zero-order valence-electron chi connectivity index (χ0n) is 18.5. The van der Waals surface area contributed by atoms with E-state index in [1.165, 1.54) is 22.8 Å². The summed E-state index contributed by atoms with van der Waals surface area (Å²) < 4.78 is 42.7. The molecule has 1 N–H and O–H groups in total. The summed E-state index contributed by atoms with van der Waals surface area (Å²) in [5.74, 6) is -1.61. The average Bonchev–Trinajstić information content (AvgIpc) is 3.15. The second-order valence-electron chi connectivity index (χ2n) is 8.31. The number of likely N-dealkylation sites (N-methyl/N-ethyl adjacent to an activating group) is 1. The summed E-state index contributed by atoms with van der Waals surface area (Å²) in [6.45, 7) is 4.54. The van der Waals surface area contributed by atoms with Gasteiger partial charge in [-0.1, -0.05) is 35.3 Å². The van der Waals surface area contributed by atoms with Crippen LogP contribution in [-0.4, -0.2) is 65.0 Å². The van der Waals surface area contributed by atoms with E-state index < -0.39 is 17.9 Å². The molecule has 2 aromatic carbocycles. The van der Waals surface area contributed by atoms with Crippen LogP contribution in [-0.2, 0) is 12.7 Å². The predicted molar refractivity (Wildman–Crippen MR) is 128 cm³/mol. The van der Waals surface area contributed by atoms with Crippen LogP contribution in [0.1, 0.15) is 22.6 Å². The highest BCUT2D eigenvalue weighted by atomic mass is 35.5. The monoisotopic (exact) mass is 513 g/mol. The zero-order chi connectivity index (χ0) is 24.5. The summed E-state index contributed by atoms with van der Waals surface area (Å²) in [7, 11) is 2.06. The molecule has 1 fully saturated rings. The molecule has 0 aliphatic carbocycles. The van der Waals surface area contributed by atoms with Gasteiger partial charge in [-0.2, -0.15) is 13.2 Å². The van der Waals surface area contributed by atoms with E-state index in [1.54, 1.807) is 18.2 Å². The highest BCUT2D eigenvalue weighted by Gasteiger charge is 2.38. The number of anilines is 1. The normalized spacial score (nSPS) is 15.7. The Bertz CT molecular complexity index is 1170. The Morgan fingerprint density at radius 1 is 1.03 bits per heavy atom. The Balaban J connectivity index is 1.60. The summed E-state index contributed by atoms with van der Waals surface area (Å²) in [5, 5.41) is 2.91. The van der Waals surface area contributed by atoms with E-state index >= 15 is 0 Å². The lowest BCUT2D eigenvalue weighted by Crippen LogP contribution is -2.44. The molecule has 2 heterocycles. The lowest BCUT2D eigenvalue weighted by Gasteiger charge is -2.32. The van der Waals surface area contributed by atoms with Crippen LogP contribution >= 0.6 is 23.2 Å². The van der Waals surface area contributed by atoms with Gasteiger partial charge in [-0.15, -0.1) is 0 Å². The molecular formula is C23H24Cl2F3N5O. The molecule has 11 heteroatoms. The molecule has 1 saturated heterocycles. The smallest absolute Gasteiger partial charge is 0.320 e. The molecule has 1 amide bonds.